The lowest BCUT2D eigenvalue weighted by atomic mass is 9.99. The largest absolute Gasteiger partial charge is 0.503 e. The van der Waals surface area contributed by atoms with Gasteiger partial charge in [-0.25, -0.2) is 8.78 Å². The van der Waals surface area contributed by atoms with Crippen LogP contribution in [0, 0.1) is 17.6 Å². The molecule has 1 atom stereocenters. The predicted octanol–water partition coefficient (Wildman–Crippen LogP) is 3.34. The highest BCUT2D eigenvalue weighted by Crippen LogP contribution is 2.28. The Bertz CT molecular complexity index is 393. The maximum absolute atomic E-state index is 13.1. The number of phenolic OH excluding ortho intramolecular Hbond substituents is 1. The van der Waals surface area contributed by atoms with Gasteiger partial charge in [-0.1, -0.05) is 12.8 Å². The molecule has 0 aromatic heterocycles. The van der Waals surface area contributed by atoms with Crippen molar-refractivity contribution in [2.45, 2.75) is 45.2 Å². The SMILES string of the molecule is CC(NCc1cc(F)c(O)c(F)c1)C1CCCC1. The molecular weight excluding hydrogens is 236 g/mol. The first-order chi connectivity index (χ1) is 8.58. The van der Waals surface area contributed by atoms with E-state index in [9.17, 15) is 8.78 Å². The second-order valence-corrected chi connectivity index (χ2v) is 5.12. The second-order valence-electron chi connectivity index (χ2n) is 5.12. The fourth-order valence-corrected chi connectivity index (χ4v) is 2.62. The quantitative estimate of drug-likeness (QED) is 0.864. The normalized spacial score (nSPS) is 18.2. The Hall–Kier alpha value is -1.16. The molecule has 0 radical (unpaired) electrons. The molecule has 100 valence electrons. The van der Waals surface area contributed by atoms with E-state index < -0.39 is 17.4 Å². The molecule has 1 unspecified atom stereocenters. The summed E-state index contributed by atoms with van der Waals surface area (Å²) in [7, 11) is 0. The molecule has 2 rings (SSSR count). The molecule has 18 heavy (non-hydrogen) atoms. The van der Waals surface area contributed by atoms with Crippen molar-refractivity contribution in [2.24, 2.45) is 5.92 Å². The molecule has 1 fully saturated rings. The van der Waals surface area contributed by atoms with Crippen LogP contribution in [0.15, 0.2) is 12.1 Å². The number of halogens is 2. The third-order valence-electron chi connectivity index (χ3n) is 3.81. The van der Waals surface area contributed by atoms with Crippen LogP contribution in [0.2, 0.25) is 0 Å². The summed E-state index contributed by atoms with van der Waals surface area (Å²) in [6, 6.07) is 2.70. The Kier molecular flexibility index (Phi) is 4.17. The smallest absolute Gasteiger partial charge is 0.187 e. The lowest BCUT2D eigenvalue weighted by molar-refractivity contribution is 0.376. The van der Waals surface area contributed by atoms with Crippen LogP contribution in [0.1, 0.15) is 38.2 Å². The molecule has 1 aromatic carbocycles. The molecule has 0 aliphatic heterocycles. The first-order valence-electron chi connectivity index (χ1n) is 6.48. The molecule has 2 nitrogen and oxygen atoms in total. The van der Waals surface area contributed by atoms with Crippen LogP contribution < -0.4 is 5.32 Å². The van der Waals surface area contributed by atoms with Gasteiger partial charge in [-0.2, -0.15) is 0 Å². The molecule has 1 aliphatic rings. The Morgan fingerprint density at radius 3 is 2.39 bits per heavy atom. The van der Waals surface area contributed by atoms with Gasteiger partial charge in [-0.3, -0.25) is 0 Å². The van der Waals surface area contributed by atoms with E-state index in [1.165, 1.54) is 37.8 Å². The van der Waals surface area contributed by atoms with E-state index in [1.807, 2.05) is 0 Å². The van der Waals surface area contributed by atoms with Crippen molar-refractivity contribution in [1.29, 1.82) is 0 Å². The average Bonchev–Trinajstić information content (AvgIpc) is 2.86. The molecule has 0 amide bonds. The van der Waals surface area contributed by atoms with Crippen LogP contribution in [0.25, 0.3) is 0 Å². The van der Waals surface area contributed by atoms with E-state index >= 15 is 0 Å². The number of hydrogen-bond acceptors (Lipinski definition) is 2. The van der Waals surface area contributed by atoms with Crippen molar-refractivity contribution >= 4 is 0 Å². The van der Waals surface area contributed by atoms with Crippen LogP contribution in [0.4, 0.5) is 8.78 Å². The van der Waals surface area contributed by atoms with Crippen LogP contribution in [0.3, 0.4) is 0 Å². The minimum Gasteiger partial charge on any atom is -0.503 e. The molecule has 4 heteroatoms. The third kappa shape index (κ3) is 2.99. The maximum Gasteiger partial charge on any atom is 0.187 e. The summed E-state index contributed by atoms with van der Waals surface area (Å²) >= 11 is 0. The standard InChI is InChI=1S/C14H19F2NO/c1-9(11-4-2-3-5-11)17-8-10-6-12(15)14(18)13(16)7-10/h6-7,9,11,17-18H,2-5,8H2,1H3. The van der Waals surface area contributed by atoms with Gasteiger partial charge in [0.1, 0.15) is 0 Å². The van der Waals surface area contributed by atoms with E-state index in [4.69, 9.17) is 5.11 Å². The van der Waals surface area contributed by atoms with Crippen LogP contribution in [0.5, 0.6) is 5.75 Å². The Morgan fingerprint density at radius 2 is 1.83 bits per heavy atom. The maximum atomic E-state index is 13.1. The summed E-state index contributed by atoms with van der Waals surface area (Å²) in [5.74, 6) is -2.04. The van der Waals surface area contributed by atoms with Gasteiger partial charge in [-0.05, 0) is 43.4 Å². The monoisotopic (exact) mass is 255 g/mol. The van der Waals surface area contributed by atoms with Crippen LogP contribution in [-0.2, 0) is 6.54 Å². The summed E-state index contributed by atoms with van der Waals surface area (Å²) in [5.41, 5.74) is 0.521. The molecule has 0 heterocycles. The number of rotatable bonds is 4. The lowest BCUT2D eigenvalue weighted by Crippen LogP contribution is -2.31. The topological polar surface area (TPSA) is 32.3 Å². The van der Waals surface area contributed by atoms with E-state index in [2.05, 4.69) is 12.2 Å². The van der Waals surface area contributed by atoms with Gasteiger partial charge in [0, 0.05) is 12.6 Å². The zero-order chi connectivity index (χ0) is 13.1. The highest BCUT2D eigenvalue weighted by Gasteiger charge is 2.21. The zero-order valence-corrected chi connectivity index (χ0v) is 10.5. The molecule has 2 N–H and O–H groups in total. The Morgan fingerprint density at radius 1 is 1.28 bits per heavy atom. The minimum atomic E-state index is -0.902. The van der Waals surface area contributed by atoms with Gasteiger partial charge in [0.25, 0.3) is 0 Å². The lowest BCUT2D eigenvalue weighted by Gasteiger charge is -2.20. The van der Waals surface area contributed by atoms with Gasteiger partial charge in [0.15, 0.2) is 17.4 Å². The highest BCUT2D eigenvalue weighted by atomic mass is 19.1. The molecule has 1 aliphatic carbocycles. The summed E-state index contributed by atoms with van der Waals surface area (Å²) in [4.78, 5) is 0. The van der Waals surface area contributed by atoms with Crippen molar-refractivity contribution in [2.75, 3.05) is 0 Å². The average molecular weight is 255 g/mol. The van der Waals surface area contributed by atoms with Gasteiger partial charge < -0.3 is 10.4 Å². The van der Waals surface area contributed by atoms with E-state index in [1.54, 1.807) is 0 Å². The summed E-state index contributed by atoms with van der Waals surface area (Å²) in [6.45, 7) is 2.54. The zero-order valence-electron chi connectivity index (χ0n) is 10.5. The Balaban J connectivity index is 1.93. The number of nitrogens with one attached hydrogen (secondary N) is 1. The molecule has 0 saturated heterocycles. The van der Waals surface area contributed by atoms with Crippen LogP contribution >= 0.6 is 0 Å². The van der Waals surface area contributed by atoms with Crippen molar-refractivity contribution in [1.82, 2.24) is 5.32 Å². The van der Waals surface area contributed by atoms with Gasteiger partial charge in [0.2, 0.25) is 0 Å². The molecule has 0 spiro atoms. The van der Waals surface area contributed by atoms with Crippen molar-refractivity contribution in [3.05, 3.63) is 29.3 Å². The third-order valence-corrected chi connectivity index (χ3v) is 3.81. The number of phenols is 1. The molecule has 0 bridgehead atoms. The van der Waals surface area contributed by atoms with Crippen LogP contribution in [-0.4, -0.2) is 11.1 Å². The van der Waals surface area contributed by atoms with Gasteiger partial charge >= 0.3 is 0 Å². The van der Waals surface area contributed by atoms with Gasteiger partial charge in [-0.15, -0.1) is 0 Å². The summed E-state index contributed by atoms with van der Waals surface area (Å²) in [5, 5.41) is 12.3. The predicted molar refractivity (Wildman–Crippen MR) is 66.3 cm³/mol. The number of aromatic hydroxyl groups is 1. The summed E-state index contributed by atoms with van der Waals surface area (Å²) in [6.07, 6.45) is 5.01. The minimum absolute atomic E-state index is 0.354. The summed E-state index contributed by atoms with van der Waals surface area (Å²) < 4.78 is 26.3. The van der Waals surface area contributed by atoms with E-state index in [0.29, 0.717) is 24.1 Å². The first kappa shape index (κ1) is 13.3. The van der Waals surface area contributed by atoms with Crippen molar-refractivity contribution in [3.63, 3.8) is 0 Å². The van der Waals surface area contributed by atoms with Gasteiger partial charge in [0.05, 0.1) is 0 Å². The fraction of sp³-hybridized carbons (Fsp3) is 0.571. The van der Waals surface area contributed by atoms with Crippen molar-refractivity contribution in [3.8, 4) is 5.75 Å². The number of hydrogen-bond donors (Lipinski definition) is 2. The van der Waals surface area contributed by atoms with E-state index in [0.717, 1.165) is 0 Å². The van der Waals surface area contributed by atoms with E-state index in [-0.39, 0.29) is 0 Å². The fourth-order valence-electron chi connectivity index (χ4n) is 2.62. The Labute approximate surface area is 106 Å². The second kappa shape index (κ2) is 5.65. The highest BCUT2D eigenvalue weighted by molar-refractivity contribution is 5.29. The molecule has 1 saturated carbocycles. The first-order valence-corrected chi connectivity index (χ1v) is 6.48. The number of benzene rings is 1. The molecule has 1 aromatic rings. The molecular formula is C14H19F2NO. The van der Waals surface area contributed by atoms with Crippen molar-refractivity contribution < 1.29 is 13.9 Å².